The topological polar surface area (TPSA) is 91.4 Å². The Hall–Kier alpha value is -1.73. The lowest BCUT2D eigenvalue weighted by molar-refractivity contribution is -0.265. The van der Waals surface area contributed by atoms with Crippen molar-refractivity contribution >= 4 is 17.7 Å². The molecule has 0 N–H and O–H groups in total. The molecule has 0 amide bonds. The molecule has 3 aliphatic heterocycles. The van der Waals surface area contributed by atoms with Crippen LogP contribution >= 0.6 is 0 Å². The largest absolute Gasteiger partial charge is 0.462 e. The summed E-state index contributed by atoms with van der Waals surface area (Å²) in [4.78, 5) is 37.3. The maximum Gasteiger partial charge on any atom is 0.336 e. The van der Waals surface area contributed by atoms with Crippen LogP contribution in [0.15, 0.2) is 11.6 Å². The van der Waals surface area contributed by atoms with Crippen molar-refractivity contribution in [2.75, 3.05) is 13.2 Å². The number of epoxide rings is 1. The molecule has 5 aliphatic rings. The number of ether oxygens (including phenoxy) is 4. The summed E-state index contributed by atoms with van der Waals surface area (Å²) in [5, 5.41) is 0. The smallest absolute Gasteiger partial charge is 0.336 e. The Labute approximate surface area is 170 Å². The third-order valence-corrected chi connectivity index (χ3v) is 8.60. The molecule has 0 aromatic carbocycles. The van der Waals surface area contributed by atoms with E-state index in [1.165, 1.54) is 6.92 Å². The SMILES string of the molecule is CC(=O)OC1CC(C)C2(C)CC(C3=CCOC3=O)OC3CC(=O)C4(CO4)C1(C)C32. The number of carbonyl (C=O) groups is 3. The lowest BCUT2D eigenvalue weighted by atomic mass is 9.41. The summed E-state index contributed by atoms with van der Waals surface area (Å²) < 4.78 is 23.2. The van der Waals surface area contributed by atoms with E-state index in [9.17, 15) is 14.4 Å². The first-order chi connectivity index (χ1) is 13.6. The minimum atomic E-state index is -0.891. The van der Waals surface area contributed by atoms with Gasteiger partial charge in [-0.2, -0.15) is 0 Å². The van der Waals surface area contributed by atoms with Crippen LogP contribution < -0.4 is 0 Å². The molecule has 0 aromatic rings. The minimum absolute atomic E-state index is 0.0129. The van der Waals surface area contributed by atoms with Gasteiger partial charge in [0.15, 0.2) is 11.4 Å². The molecule has 7 nitrogen and oxygen atoms in total. The van der Waals surface area contributed by atoms with Gasteiger partial charge in [-0.15, -0.1) is 0 Å². The number of rotatable bonds is 2. The number of ketones is 1. The van der Waals surface area contributed by atoms with Crippen molar-refractivity contribution < 1.29 is 33.3 Å². The highest BCUT2D eigenvalue weighted by Gasteiger charge is 2.79. The van der Waals surface area contributed by atoms with E-state index in [4.69, 9.17) is 18.9 Å². The third-order valence-electron chi connectivity index (χ3n) is 8.60. The standard InChI is InChI=1S/C22H28O7/c1-11-7-17(28-12(2)23)21(4)18-14(8-16(24)22(21)10-27-22)29-15(9-20(11,18)3)13-5-6-26-19(13)25/h5,11,14-15,17-18H,6-10H2,1-4H3. The van der Waals surface area contributed by atoms with Crippen molar-refractivity contribution in [2.45, 2.75) is 70.9 Å². The lowest BCUT2D eigenvalue weighted by Crippen LogP contribution is -2.72. The van der Waals surface area contributed by atoms with Crippen molar-refractivity contribution in [3.8, 4) is 0 Å². The second-order valence-electron chi connectivity index (χ2n) is 9.87. The molecule has 0 aromatic heterocycles. The average molecular weight is 404 g/mol. The van der Waals surface area contributed by atoms with Gasteiger partial charge in [0.05, 0.1) is 24.4 Å². The molecule has 29 heavy (non-hydrogen) atoms. The molecule has 158 valence electrons. The lowest BCUT2D eigenvalue weighted by Gasteiger charge is -2.66. The maximum atomic E-state index is 13.2. The van der Waals surface area contributed by atoms with Gasteiger partial charge in [0.25, 0.3) is 0 Å². The van der Waals surface area contributed by atoms with E-state index in [1.54, 1.807) is 6.08 Å². The van der Waals surface area contributed by atoms with Gasteiger partial charge in [-0.05, 0) is 30.3 Å². The molecule has 2 saturated heterocycles. The Morgan fingerprint density at radius 2 is 2.00 bits per heavy atom. The first-order valence-electron chi connectivity index (χ1n) is 10.5. The third kappa shape index (κ3) is 2.34. The molecular formula is C22H28O7. The van der Waals surface area contributed by atoms with Crippen molar-refractivity contribution in [3.63, 3.8) is 0 Å². The highest BCUT2D eigenvalue weighted by atomic mass is 16.6. The summed E-state index contributed by atoms with van der Waals surface area (Å²) in [6.07, 6.45) is 2.25. The van der Waals surface area contributed by atoms with Crippen LogP contribution in [-0.4, -0.2) is 54.8 Å². The summed E-state index contributed by atoms with van der Waals surface area (Å²) in [5.74, 6) is -0.451. The predicted molar refractivity (Wildman–Crippen MR) is 99.7 cm³/mol. The number of Topliss-reactive ketones (excluding diaryl/α,β-unsaturated/α-hetero) is 1. The van der Waals surface area contributed by atoms with Crippen LogP contribution in [0.2, 0.25) is 0 Å². The molecule has 8 atom stereocenters. The van der Waals surface area contributed by atoms with Crippen molar-refractivity contribution in [1.29, 1.82) is 0 Å². The average Bonchev–Trinajstić information content (AvgIpc) is 3.34. The zero-order chi connectivity index (χ0) is 20.8. The summed E-state index contributed by atoms with van der Waals surface area (Å²) in [5.41, 5.74) is -1.17. The molecule has 2 aliphatic carbocycles. The van der Waals surface area contributed by atoms with Crippen molar-refractivity contribution in [2.24, 2.45) is 22.7 Å². The van der Waals surface area contributed by atoms with Gasteiger partial charge < -0.3 is 18.9 Å². The van der Waals surface area contributed by atoms with Crippen molar-refractivity contribution in [1.82, 2.24) is 0 Å². The van der Waals surface area contributed by atoms with Gasteiger partial charge in [-0.25, -0.2) is 4.79 Å². The zero-order valence-electron chi connectivity index (χ0n) is 17.4. The fourth-order valence-electron chi connectivity index (χ4n) is 6.96. The fourth-order valence-corrected chi connectivity index (χ4v) is 6.96. The van der Waals surface area contributed by atoms with E-state index in [1.807, 2.05) is 6.92 Å². The van der Waals surface area contributed by atoms with Gasteiger partial charge >= 0.3 is 11.9 Å². The maximum absolute atomic E-state index is 13.2. The first kappa shape index (κ1) is 19.2. The molecular weight excluding hydrogens is 376 g/mol. The fraction of sp³-hybridized carbons (Fsp3) is 0.773. The molecule has 5 rings (SSSR count). The Morgan fingerprint density at radius 3 is 2.59 bits per heavy atom. The zero-order valence-corrected chi connectivity index (χ0v) is 17.4. The minimum Gasteiger partial charge on any atom is -0.462 e. The molecule has 0 radical (unpaired) electrons. The second-order valence-corrected chi connectivity index (χ2v) is 9.87. The van der Waals surface area contributed by atoms with Crippen LogP contribution in [0.5, 0.6) is 0 Å². The highest BCUT2D eigenvalue weighted by molar-refractivity contribution is 5.93. The van der Waals surface area contributed by atoms with Crippen molar-refractivity contribution in [3.05, 3.63) is 11.6 Å². The Kier molecular flexibility index (Phi) is 3.92. The van der Waals surface area contributed by atoms with Gasteiger partial charge in [0, 0.05) is 24.7 Å². The summed E-state index contributed by atoms with van der Waals surface area (Å²) >= 11 is 0. The molecule has 7 heteroatoms. The number of hydrogen-bond acceptors (Lipinski definition) is 7. The number of carbonyl (C=O) groups excluding carboxylic acids is 3. The quantitative estimate of drug-likeness (QED) is 0.513. The van der Waals surface area contributed by atoms with Gasteiger partial charge in [0.1, 0.15) is 12.7 Å². The van der Waals surface area contributed by atoms with E-state index in [0.29, 0.717) is 25.0 Å². The Bertz CT molecular complexity index is 827. The van der Waals surface area contributed by atoms with E-state index >= 15 is 0 Å². The number of hydrogen-bond donors (Lipinski definition) is 0. The Balaban J connectivity index is 1.60. The van der Waals surface area contributed by atoms with E-state index < -0.39 is 17.1 Å². The van der Waals surface area contributed by atoms with Crippen LogP contribution in [-0.2, 0) is 33.3 Å². The van der Waals surface area contributed by atoms with E-state index in [2.05, 4.69) is 13.8 Å². The number of esters is 2. The molecule has 2 saturated carbocycles. The van der Waals surface area contributed by atoms with E-state index in [0.717, 1.165) is 0 Å². The molecule has 1 spiro atoms. The Morgan fingerprint density at radius 1 is 1.28 bits per heavy atom. The summed E-state index contributed by atoms with van der Waals surface area (Å²) in [6, 6.07) is 0. The van der Waals surface area contributed by atoms with Crippen LogP contribution in [0.4, 0.5) is 0 Å². The number of fused-ring (bicyclic) bond motifs is 1. The molecule has 4 fully saturated rings. The van der Waals surface area contributed by atoms with Gasteiger partial charge in [-0.3, -0.25) is 9.59 Å². The van der Waals surface area contributed by atoms with Crippen LogP contribution in [0.25, 0.3) is 0 Å². The predicted octanol–water partition coefficient (Wildman–Crippen LogP) is 1.97. The first-order valence-corrected chi connectivity index (χ1v) is 10.5. The van der Waals surface area contributed by atoms with E-state index in [-0.39, 0.29) is 60.2 Å². The van der Waals surface area contributed by atoms with Crippen LogP contribution in [0, 0.1) is 22.7 Å². The normalized spacial score (nSPS) is 50.6. The summed E-state index contributed by atoms with van der Waals surface area (Å²) in [7, 11) is 0. The van der Waals surface area contributed by atoms with Gasteiger partial charge in [-0.1, -0.05) is 20.8 Å². The summed E-state index contributed by atoms with van der Waals surface area (Å²) in [6.45, 7) is 8.51. The molecule has 3 heterocycles. The highest BCUT2D eigenvalue weighted by Crippen LogP contribution is 2.70. The van der Waals surface area contributed by atoms with Crippen LogP contribution in [0.1, 0.15) is 47.0 Å². The molecule has 8 unspecified atom stereocenters. The van der Waals surface area contributed by atoms with Gasteiger partial charge in [0.2, 0.25) is 0 Å². The molecule has 0 bridgehead atoms. The number of cyclic esters (lactones) is 1. The second kappa shape index (κ2) is 5.91. The van der Waals surface area contributed by atoms with Crippen LogP contribution in [0.3, 0.4) is 0 Å². The monoisotopic (exact) mass is 404 g/mol.